The van der Waals surface area contributed by atoms with E-state index in [1.54, 1.807) is 0 Å². The minimum atomic E-state index is -0.636. The molecule has 1 amide bonds. The van der Waals surface area contributed by atoms with Crippen LogP contribution in [0.1, 0.15) is 51.4 Å². The first-order valence-corrected chi connectivity index (χ1v) is 7.33. The molecule has 1 aliphatic carbocycles. The molecule has 0 atom stereocenters. The van der Waals surface area contributed by atoms with Crippen molar-refractivity contribution >= 4 is 21.8 Å². The Kier molecular flexibility index (Phi) is 6.36. The lowest BCUT2D eigenvalue weighted by Gasteiger charge is -2.32. The summed E-state index contributed by atoms with van der Waals surface area (Å²) >= 11 is 3.34. The van der Waals surface area contributed by atoms with Gasteiger partial charge in [-0.25, -0.2) is 0 Å². The van der Waals surface area contributed by atoms with E-state index in [1.807, 2.05) is 0 Å². The third-order valence-corrected chi connectivity index (χ3v) is 3.75. The molecule has 2 N–H and O–H groups in total. The molecule has 1 saturated carbocycles. The average Bonchev–Trinajstić information content (AvgIpc) is 2.28. The molecule has 0 heterocycles. The molecule has 4 heteroatoms. The Morgan fingerprint density at radius 3 is 2.56 bits per heavy atom. The highest BCUT2D eigenvalue weighted by molar-refractivity contribution is 9.09. The molecule has 0 unspecified atom stereocenters. The average molecular weight is 292 g/mol. The molecule has 1 fully saturated rings. The molecular formula is C12H22BrNO2. The summed E-state index contributed by atoms with van der Waals surface area (Å²) in [6.07, 6.45) is 7.53. The van der Waals surface area contributed by atoms with Gasteiger partial charge in [0.15, 0.2) is 0 Å². The van der Waals surface area contributed by atoms with Gasteiger partial charge in [0.25, 0.3) is 0 Å². The normalized spacial score (nSPS) is 19.4. The van der Waals surface area contributed by atoms with Crippen molar-refractivity contribution in [3.8, 4) is 0 Å². The van der Waals surface area contributed by atoms with Crippen LogP contribution in [0.25, 0.3) is 0 Å². The lowest BCUT2D eigenvalue weighted by Crippen LogP contribution is -2.44. The van der Waals surface area contributed by atoms with E-state index in [0.29, 0.717) is 13.0 Å². The van der Waals surface area contributed by atoms with E-state index >= 15 is 0 Å². The van der Waals surface area contributed by atoms with Crippen molar-refractivity contribution in [2.75, 3.05) is 11.9 Å². The Morgan fingerprint density at radius 1 is 1.25 bits per heavy atom. The maximum absolute atomic E-state index is 11.5. The fraction of sp³-hybridized carbons (Fsp3) is 0.917. The van der Waals surface area contributed by atoms with Crippen LogP contribution in [0.5, 0.6) is 0 Å². The first-order chi connectivity index (χ1) is 7.66. The van der Waals surface area contributed by atoms with Crippen LogP contribution >= 0.6 is 15.9 Å². The molecule has 94 valence electrons. The number of unbranched alkanes of at least 4 members (excludes halogenated alkanes) is 1. The van der Waals surface area contributed by atoms with Crippen molar-refractivity contribution < 1.29 is 9.90 Å². The second-order valence-corrected chi connectivity index (χ2v) is 5.50. The topological polar surface area (TPSA) is 49.3 Å². The quantitative estimate of drug-likeness (QED) is 0.583. The number of amides is 1. The van der Waals surface area contributed by atoms with Crippen LogP contribution in [0.3, 0.4) is 0 Å². The van der Waals surface area contributed by atoms with Crippen LogP contribution in [0.15, 0.2) is 0 Å². The maximum atomic E-state index is 11.5. The number of halogens is 1. The second-order valence-electron chi connectivity index (χ2n) is 4.71. The van der Waals surface area contributed by atoms with E-state index in [4.69, 9.17) is 0 Å². The Morgan fingerprint density at radius 2 is 1.94 bits per heavy atom. The summed E-state index contributed by atoms with van der Waals surface area (Å²) in [6, 6.07) is 0. The van der Waals surface area contributed by atoms with Gasteiger partial charge in [-0.15, -0.1) is 0 Å². The number of hydrogen-bond donors (Lipinski definition) is 2. The summed E-state index contributed by atoms with van der Waals surface area (Å²) in [7, 11) is 0. The molecule has 0 aromatic carbocycles. The number of alkyl halides is 1. The smallest absolute Gasteiger partial charge is 0.220 e. The molecule has 1 rings (SSSR count). The Hall–Kier alpha value is -0.0900. The number of nitrogens with one attached hydrogen (secondary N) is 1. The van der Waals surface area contributed by atoms with Crippen molar-refractivity contribution in [3.63, 3.8) is 0 Å². The Bertz CT molecular complexity index is 215. The molecule has 0 spiro atoms. The molecule has 0 aromatic rings. The van der Waals surface area contributed by atoms with Crippen LogP contribution in [-0.4, -0.2) is 28.5 Å². The van der Waals surface area contributed by atoms with Gasteiger partial charge in [0.1, 0.15) is 0 Å². The molecule has 3 nitrogen and oxygen atoms in total. The molecule has 0 saturated heterocycles. The van der Waals surface area contributed by atoms with Gasteiger partial charge in [-0.2, -0.15) is 0 Å². The van der Waals surface area contributed by atoms with Crippen molar-refractivity contribution in [1.82, 2.24) is 5.32 Å². The minimum absolute atomic E-state index is 0.0694. The lowest BCUT2D eigenvalue weighted by atomic mass is 9.85. The second kappa shape index (κ2) is 7.28. The maximum Gasteiger partial charge on any atom is 0.220 e. The van der Waals surface area contributed by atoms with Crippen molar-refractivity contribution in [2.24, 2.45) is 0 Å². The van der Waals surface area contributed by atoms with Gasteiger partial charge in [0.2, 0.25) is 5.91 Å². The summed E-state index contributed by atoms with van der Waals surface area (Å²) in [4.78, 5) is 11.5. The standard InChI is InChI=1S/C12H22BrNO2/c13-9-5-2-6-11(15)14-10-12(16)7-3-1-4-8-12/h16H,1-10H2,(H,14,15). The van der Waals surface area contributed by atoms with Gasteiger partial charge >= 0.3 is 0 Å². The SMILES string of the molecule is O=C(CCCCBr)NCC1(O)CCCCC1. The van der Waals surface area contributed by atoms with Crippen LogP contribution < -0.4 is 5.32 Å². The van der Waals surface area contributed by atoms with Crippen molar-refractivity contribution in [2.45, 2.75) is 57.0 Å². The van der Waals surface area contributed by atoms with Crippen molar-refractivity contribution in [3.05, 3.63) is 0 Å². The lowest BCUT2D eigenvalue weighted by molar-refractivity contribution is -0.122. The summed E-state index contributed by atoms with van der Waals surface area (Å²) in [5.74, 6) is 0.0694. The Labute approximate surface area is 106 Å². The highest BCUT2D eigenvalue weighted by Gasteiger charge is 2.29. The monoisotopic (exact) mass is 291 g/mol. The van der Waals surface area contributed by atoms with E-state index in [0.717, 1.165) is 43.9 Å². The Balaban J connectivity index is 2.14. The zero-order valence-electron chi connectivity index (χ0n) is 9.80. The molecular weight excluding hydrogens is 270 g/mol. The fourth-order valence-corrected chi connectivity index (χ4v) is 2.51. The van der Waals surface area contributed by atoms with Crippen LogP contribution in [0.4, 0.5) is 0 Å². The summed E-state index contributed by atoms with van der Waals surface area (Å²) in [6.45, 7) is 0.431. The first kappa shape index (κ1) is 14.0. The van der Waals surface area contributed by atoms with Crippen LogP contribution in [0, 0.1) is 0 Å². The molecule has 16 heavy (non-hydrogen) atoms. The molecule has 0 bridgehead atoms. The highest BCUT2D eigenvalue weighted by atomic mass is 79.9. The molecule has 1 aliphatic rings. The van der Waals surface area contributed by atoms with Gasteiger partial charge in [-0.3, -0.25) is 4.79 Å². The van der Waals surface area contributed by atoms with Gasteiger partial charge in [-0.1, -0.05) is 35.2 Å². The highest BCUT2D eigenvalue weighted by Crippen LogP contribution is 2.27. The third kappa shape index (κ3) is 5.30. The minimum Gasteiger partial charge on any atom is -0.388 e. The summed E-state index contributed by atoms with van der Waals surface area (Å²) in [5.41, 5.74) is -0.636. The summed E-state index contributed by atoms with van der Waals surface area (Å²) in [5, 5.41) is 14.0. The van der Waals surface area contributed by atoms with E-state index in [1.165, 1.54) is 6.42 Å². The number of carbonyl (C=O) groups excluding carboxylic acids is 1. The van der Waals surface area contributed by atoms with Crippen LogP contribution in [-0.2, 0) is 4.79 Å². The van der Waals surface area contributed by atoms with Gasteiger partial charge in [0, 0.05) is 18.3 Å². The van der Waals surface area contributed by atoms with E-state index in [9.17, 15) is 9.90 Å². The third-order valence-electron chi connectivity index (χ3n) is 3.19. The number of aliphatic hydroxyl groups is 1. The van der Waals surface area contributed by atoms with Crippen LogP contribution in [0.2, 0.25) is 0 Å². The molecule has 0 radical (unpaired) electrons. The predicted octanol–water partition coefficient (Wildman–Crippen LogP) is 2.36. The molecule has 0 aliphatic heterocycles. The zero-order chi connectivity index (χ0) is 11.9. The van der Waals surface area contributed by atoms with Gasteiger partial charge < -0.3 is 10.4 Å². The first-order valence-electron chi connectivity index (χ1n) is 6.21. The number of rotatable bonds is 6. The molecule has 0 aromatic heterocycles. The van der Waals surface area contributed by atoms with E-state index in [2.05, 4.69) is 21.2 Å². The number of hydrogen-bond acceptors (Lipinski definition) is 2. The fourth-order valence-electron chi connectivity index (χ4n) is 2.12. The van der Waals surface area contributed by atoms with Gasteiger partial charge in [0.05, 0.1) is 5.60 Å². The van der Waals surface area contributed by atoms with E-state index in [-0.39, 0.29) is 5.91 Å². The van der Waals surface area contributed by atoms with E-state index < -0.39 is 5.60 Å². The summed E-state index contributed by atoms with van der Waals surface area (Å²) < 4.78 is 0. The van der Waals surface area contributed by atoms with Gasteiger partial charge in [-0.05, 0) is 25.7 Å². The number of carbonyl (C=O) groups is 1. The predicted molar refractivity (Wildman–Crippen MR) is 68.7 cm³/mol. The largest absolute Gasteiger partial charge is 0.388 e. The van der Waals surface area contributed by atoms with Crippen molar-refractivity contribution in [1.29, 1.82) is 0 Å². The zero-order valence-corrected chi connectivity index (χ0v) is 11.4.